The number of rotatable bonds is 4. The predicted molar refractivity (Wildman–Crippen MR) is 123 cm³/mol. The van der Waals surface area contributed by atoms with Gasteiger partial charge in [0.15, 0.2) is 0 Å². The average molecular weight is 426 g/mol. The van der Waals surface area contributed by atoms with E-state index in [1.165, 1.54) is 11.8 Å². The molecule has 2 amide bonds. The highest BCUT2D eigenvalue weighted by Crippen LogP contribution is 2.42. The normalized spacial score (nSPS) is 17.4. The molecule has 4 rings (SSSR count). The Morgan fingerprint density at radius 3 is 2.12 bits per heavy atom. The van der Waals surface area contributed by atoms with Crippen LogP contribution in [0.3, 0.4) is 0 Å². The summed E-state index contributed by atoms with van der Waals surface area (Å²) in [5, 5.41) is 13.8. The van der Waals surface area contributed by atoms with E-state index in [1.807, 2.05) is 49.4 Å². The van der Waals surface area contributed by atoms with Crippen molar-refractivity contribution >= 4 is 34.7 Å². The molecule has 0 aliphatic carbocycles. The van der Waals surface area contributed by atoms with Crippen molar-refractivity contribution in [1.82, 2.24) is 0 Å². The summed E-state index contributed by atoms with van der Waals surface area (Å²) in [6, 6.07) is 22.1. The number of amides is 2. The fourth-order valence-electron chi connectivity index (χ4n) is 3.83. The van der Waals surface area contributed by atoms with Crippen LogP contribution in [0.25, 0.3) is 5.76 Å². The summed E-state index contributed by atoms with van der Waals surface area (Å²) in [6.07, 6.45) is 0. The number of aliphatic hydroxyl groups excluding tert-OH is 1. The first kappa shape index (κ1) is 21.1. The molecule has 3 aromatic rings. The number of aliphatic hydroxyl groups is 1. The Morgan fingerprint density at radius 1 is 0.906 bits per heavy atom. The third-order valence-electron chi connectivity index (χ3n) is 5.35. The Labute approximate surface area is 185 Å². The first-order chi connectivity index (χ1) is 15.4. The van der Waals surface area contributed by atoms with Crippen LogP contribution < -0.4 is 10.2 Å². The Bertz CT molecular complexity index is 1210. The second-order valence-electron chi connectivity index (χ2n) is 7.67. The van der Waals surface area contributed by atoms with E-state index in [1.54, 1.807) is 36.4 Å². The minimum Gasteiger partial charge on any atom is -0.507 e. The highest BCUT2D eigenvalue weighted by Gasteiger charge is 2.46. The standard InChI is InChI=1S/C26H22N2O4/c1-16-8-10-19(11-9-16)24(30)22-23(18-6-4-3-5-7-18)28(26(32)25(22)31)21-14-12-20(13-15-21)27-17(2)29/h3-15,23,30H,1-2H3,(H,27,29)/b24-22+/t23-/m0/s1. The molecule has 0 saturated carbocycles. The molecule has 1 aliphatic heterocycles. The molecule has 1 aliphatic rings. The van der Waals surface area contributed by atoms with E-state index in [4.69, 9.17) is 0 Å². The first-order valence-corrected chi connectivity index (χ1v) is 10.2. The fraction of sp³-hybridized carbons (Fsp3) is 0.115. The van der Waals surface area contributed by atoms with Gasteiger partial charge in [-0.05, 0) is 36.8 Å². The van der Waals surface area contributed by atoms with Crippen molar-refractivity contribution in [1.29, 1.82) is 0 Å². The predicted octanol–water partition coefficient (Wildman–Crippen LogP) is 4.58. The molecule has 0 radical (unpaired) electrons. The summed E-state index contributed by atoms with van der Waals surface area (Å²) in [5.74, 6) is -1.89. The highest BCUT2D eigenvalue weighted by atomic mass is 16.3. The lowest BCUT2D eigenvalue weighted by Gasteiger charge is -2.25. The van der Waals surface area contributed by atoms with Gasteiger partial charge < -0.3 is 10.4 Å². The number of hydrogen-bond acceptors (Lipinski definition) is 4. The van der Waals surface area contributed by atoms with E-state index in [9.17, 15) is 19.5 Å². The van der Waals surface area contributed by atoms with E-state index >= 15 is 0 Å². The van der Waals surface area contributed by atoms with Gasteiger partial charge in [-0.25, -0.2) is 0 Å². The van der Waals surface area contributed by atoms with Crippen LogP contribution >= 0.6 is 0 Å². The van der Waals surface area contributed by atoms with Gasteiger partial charge in [-0.1, -0.05) is 60.2 Å². The van der Waals surface area contributed by atoms with Crippen LogP contribution in [-0.2, 0) is 14.4 Å². The van der Waals surface area contributed by atoms with Crippen LogP contribution in [0.1, 0.15) is 29.7 Å². The van der Waals surface area contributed by atoms with Crippen LogP contribution in [0, 0.1) is 6.92 Å². The Morgan fingerprint density at radius 2 is 1.53 bits per heavy atom. The molecule has 0 spiro atoms. The van der Waals surface area contributed by atoms with Crippen molar-refractivity contribution in [3.8, 4) is 0 Å². The van der Waals surface area contributed by atoms with Crippen molar-refractivity contribution < 1.29 is 19.5 Å². The van der Waals surface area contributed by atoms with Crippen LogP contribution in [0.4, 0.5) is 11.4 Å². The molecule has 6 nitrogen and oxygen atoms in total. The number of benzene rings is 3. The second-order valence-corrected chi connectivity index (χ2v) is 7.67. The summed E-state index contributed by atoms with van der Waals surface area (Å²) in [5.41, 5.74) is 3.28. The molecule has 6 heteroatoms. The Kier molecular flexibility index (Phi) is 5.60. The summed E-state index contributed by atoms with van der Waals surface area (Å²) in [7, 11) is 0. The maximum atomic E-state index is 13.1. The molecule has 1 heterocycles. The van der Waals surface area contributed by atoms with Gasteiger partial charge in [-0.2, -0.15) is 0 Å². The van der Waals surface area contributed by atoms with Crippen LogP contribution in [-0.4, -0.2) is 22.7 Å². The molecule has 0 unspecified atom stereocenters. The number of Topliss-reactive ketones (excluding diaryl/α,β-unsaturated/α-hetero) is 1. The van der Waals surface area contributed by atoms with E-state index < -0.39 is 17.7 Å². The van der Waals surface area contributed by atoms with Crippen LogP contribution in [0.2, 0.25) is 0 Å². The van der Waals surface area contributed by atoms with Crippen molar-refractivity contribution in [2.45, 2.75) is 19.9 Å². The molecule has 1 saturated heterocycles. The van der Waals surface area contributed by atoms with Crippen molar-refractivity contribution in [2.24, 2.45) is 0 Å². The molecule has 2 N–H and O–H groups in total. The number of carbonyl (C=O) groups excluding carboxylic acids is 3. The number of nitrogens with one attached hydrogen (secondary N) is 1. The number of aryl methyl sites for hydroxylation is 1. The molecule has 160 valence electrons. The van der Waals surface area contributed by atoms with E-state index in [2.05, 4.69) is 5.32 Å². The SMILES string of the molecule is CC(=O)Nc1ccc(N2C(=O)C(=O)/C(=C(/O)c3ccc(C)cc3)[C@@H]2c2ccccc2)cc1. The van der Waals surface area contributed by atoms with Gasteiger partial charge in [0, 0.05) is 23.9 Å². The van der Waals surface area contributed by atoms with E-state index in [-0.39, 0.29) is 17.2 Å². The topological polar surface area (TPSA) is 86.7 Å². The quantitative estimate of drug-likeness (QED) is 0.363. The highest BCUT2D eigenvalue weighted by molar-refractivity contribution is 6.51. The lowest BCUT2D eigenvalue weighted by molar-refractivity contribution is -0.132. The molecule has 1 fully saturated rings. The minimum atomic E-state index is -0.788. The molecular formula is C26H22N2O4. The minimum absolute atomic E-state index is 0.0380. The largest absolute Gasteiger partial charge is 0.507 e. The van der Waals surface area contributed by atoms with Gasteiger partial charge in [0.2, 0.25) is 5.91 Å². The van der Waals surface area contributed by atoms with Crippen molar-refractivity contribution in [3.63, 3.8) is 0 Å². The molecule has 3 aromatic carbocycles. The summed E-state index contributed by atoms with van der Waals surface area (Å²) in [6.45, 7) is 3.34. The Balaban J connectivity index is 1.85. The van der Waals surface area contributed by atoms with E-state index in [0.717, 1.165) is 5.56 Å². The Hall–Kier alpha value is -4.19. The second kappa shape index (κ2) is 8.51. The monoisotopic (exact) mass is 426 g/mol. The third kappa shape index (κ3) is 3.90. The molecule has 32 heavy (non-hydrogen) atoms. The van der Waals surface area contributed by atoms with Crippen molar-refractivity contribution in [3.05, 3.63) is 101 Å². The first-order valence-electron chi connectivity index (χ1n) is 10.2. The van der Waals surface area contributed by atoms with E-state index in [0.29, 0.717) is 22.5 Å². The average Bonchev–Trinajstić information content (AvgIpc) is 3.05. The van der Waals surface area contributed by atoms with Crippen LogP contribution in [0.15, 0.2) is 84.4 Å². The van der Waals surface area contributed by atoms with Gasteiger partial charge in [-0.3, -0.25) is 19.3 Å². The zero-order chi connectivity index (χ0) is 22.8. The smallest absolute Gasteiger partial charge is 0.300 e. The molecule has 1 atom stereocenters. The van der Waals surface area contributed by atoms with Gasteiger partial charge in [0.25, 0.3) is 11.7 Å². The number of carbonyl (C=O) groups is 3. The lowest BCUT2D eigenvalue weighted by atomic mass is 9.95. The third-order valence-corrected chi connectivity index (χ3v) is 5.35. The zero-order valence-electron chi connectivity index (χ0n) is 17.7. The zero-order valence-corrected chi connectivity index (χ0v) is 17.7. The maximum Gasteiger partial charge on any atom is 0.300 e. The van der Waals surface area contributed by atoms with Gasteiger partial charge >= 0.3 is 0 Å². The number of hydrogen-bond donors (Lipinski definition) is 2. The van der Waals surface area contributed by atoms with Gasteiger partial charge in [0.05, 0.1) is 11.6 Å². The fourth-order valence-corrected chi connectivity index (χ4v) is 3.83. The summed E-state index contributed by atoms with van der Waals surface area (Å²) < 4.78 is 0. The lowest BCUT2D eigenvalue weighted by Crippen LogP contribution is -2.29. The number of nitrogens with zero attached hydrogens (tertiary/aromatic N) is 1. The molecule has 0 bridgehead atoms. The molecular weight excluding hydrogens is 404 g/mol. The van der Waals surface area contributed by atoms with Gasteiger partial charge in [-0.15, -0.1) is 0 Å². The van der Waals surface area contributed by atoms with Crippen molar-refractivity contribution in [2.75, 3.05) is 10.2 Å². The molecule has 0 aromatic heterocycles. The van der Waals surface area contributed by atoms with Gasteiger partial charge in [0.1, 0.15) is 5.76 Å². The summed E-state index contributed by atoms with van der Waals surface area (Å²) in [4.78, 5) is 38.9. The summed E-state index contributed by atoms with van der Waals surface area (Å²) >= 11 is 0. The van der Waals surface area contributed by atoms with Crippen LogP contribution in [0.5, 0.6) is 0 Å². The number of anilines is 2. The maximum absolute atomic E-state index is 13.1. The number of ketones is 1.